The number of fused-ring (bicyclic) bond motifs is 1. The van der Waals surface area contributed by atoms with E-state index in [1.807, 2.05) is 0 Å². The molecule has 0 bridgehead atoms. The number of aromatic nitrogens is 2. The van der Waals surface area contributed by atoms with Crippen LogP contribution in [0.2, 0.25) is 0 Å². The molecule has 26 heavy (non-hydrogen) atoms. The summed E-state index contributed by atoms with van der Waals surface area (Å²) in [7, 11) is -3.60. The molecule has 2 aromatic heterocycles. The van der Waals surface area contributed by atoms with Gasteiger partial charge in [-0.3, -0.25) is 4.79 Å². The van der Waals surface area contributed by atoms with Crippen molar-refractivity contribution in [2.45, 2.75) is 24.2 Å². The summed E-state index contributed by atoms with van der Waals surface area (Å²) in [4.78, 5) is 21.5. The first-order valence-corrected chi connectivity index (χ1v) is 10.4. The average molecular weight is 374 g/mol. The normalized spacial score (nSPS) is 21.5. The van der Waals surface area contributed by atoms with Crippen molar-refractivity contribution in [1.29, 1.82) is 0 Å². The van der Waals surface area contributed by atoms with Crippen LogP contribution in [0.3, 0.4) is 0 Å². The Bertz CT molecular complexity index is 942. The zero-order chi connectivity index (χ0) is 18.1. The summed E-state index contributed by atoms with van der Waals surface area (Å²) in [6, 6.07) is 3.48. The molecule has 7 nitrogen and oxygen atoms in total. The average Bonchev–Trinajstić information content (AvgIpc) is 3.31. The van der Waals surface area contributed by atoms with E-state index in [9.17, 15) is 13.2 Å². The van der Waals surface area contributed by atoms with Crippen molar-refractivity contribution in [2.24, 2.45) is 5.92 Å². The molecule has 1 atom stereocenters. The monoisotopic (exact) mass is 374 g/mol. The van der Waals surface area contributed by atoms with Crippen LogP contribution in [-0.4, -0.2) is 59.7 Å². The molecule has 3 heterocycles. The van der Waals surface area contributed by atoms with Crippen LogP contribution in [0.1, 0.15) is 19.3 Å². The lowest BCUT2D eigenvalue weighted by Gasteiger charge is -2.34. The number of hydrogen-bond acceptors (Lipinski definition) is 4. The van der Waals surface area contributed by atoms with Crippen LogP contribution < -0.4 is 0 Å². The zero-order valence-electron chi connectivity index (χ0n) is 14.5. The van der Waals surface area contributed by atoms with Crippen molar-refractivity contribution in [3.05, 3.63) is 36.7 Å². The van der Waals surface area contributed by atoms with Crippen molar-refractivity contribution >= 4 is 27.0 Å². The maximum Gasteiger partial charge on any atom is 0.245 e. The molecule has 138 valence electrons. The summed E-state index contributed by atoms with van der Waals surface area (Å²) in [5.74, 6) is 0.456. The van der Waals surface area contributed by atoms with Gasteiger partial charge in [-0.25, -0.2) is 13.4 Å². The first-order valence-electron chi connectivity index (χ1n) is 8.92. The van der Waals surface area contributed by atoms with Gasteiger partial charge < -0.3 is 9.88 Å². The van der Waals surface area contributed by atoms with Gasteiger partial charge >= 0.3 is 0 Å². The van der Waals surface area contributed by atoms with Gasteiger partial charge in [-0.2, -0.15) is 4.31 Å². The Balaban J connectivity index is 1.43. The molecule has 1 unspecified atom stereocenters. The Morgan fingerprint density at radius 2 is 2.08 bits per heavy atom. The summed E-state index contributed by atoms with van der Waals surface area (Å²) in [6.45, 7) is 1.52. The Labute approximate surface area is 152 Å². The molecule has 1 amide bonds. The van der Waals surface area contributed by atoms with Gasteiger partial charge in [-0.05, 0) is 30.9 Å². The lowest BCUT2D eigenvalue weighted by molar-refractivity contribution is -0.133. The molecular formula is C18H22N4O3S. The lowest BCUT2D eigenvalue weighted by atomic mass is 10.0. The molecule has 0 radical (unpaired) electrons. The predicted molar refractivity (Wildman–Crippen MR) is 97.9 cm³/mol. The second-order valence-electron chi connectivity index (χ2n) is 6.81. The van der Waals surface area contributed by atoms with Crippen molar-refractivity contribution in [2.75, 3.05) is 26.2 Å². The Morgan fingerprint density at radius 3 is 2.81 bits per heavy atom. The van der Waals surface area contributed by atoms with E-state index in [4.69, 9.17) is 0 Å². The highest BCUT2D eigenvalue weighted by Crippen LogP contribution is 2.26. The smallest absolute Gasteiger partial charge is 0.245 e. The lowest BCUT2D eigenvalue weighted by Crippen LogP contribution is -2.50. The topological polar surface area (TPSA) is 86.4 Å². The van der Waals surface area contributed by atoms with Crippen LogP contribution in [0.4, 0.5) is 0 Å². The van der Waals surface area contributed by atoms with Crippen molar-refractivity contribution in [3.8, 4) is 0 Å². The second-order valence-corrected chi connectivity index (χ2v) is 8.71. The number of piperazine rings is 1. The fourth-order valence-electron chi connectivity index (χ4n) is 3.68. The van der Waals surface area contributed by atoms with Gasteiger partial charge in [0.2, 0.25) is 15.9 Å². The zero-order valence-corrected chi connectivity index (χ0v) is 15.3. The molecule has 1 saturated heterocycles. The minimum Gasteiger partial charge on any atom is -0.345 e. The fraction of sp³-hybridized carbons (Fsp3) is 0.444. The van der Waals surface area contributed by atoms with E-state index in [2.05, 4.69) is 22.1 Å². The molecule has 0 saturated carbocycles. The molecule has 0 spiro atoms. The Morgan fingerprint density at radius 1 is 1.27 bits per heavy atom. The molecule has 1 aliphatic heterocycles. The first-order chi connectivity index (χ1) is 12.6. The van der Waals surface area contributed by atoms with Gasteiger partial charge in [0.05, 0.1) is 0 Å². The molecule has 8 heteroatoms. The minimum absolute atomic E-state index is 0.120. The summed E-state index contributed by atoms with van der Waals surface area (Å²) < 4.78 is 27.4. The maximum absolute atomic E-state index is 13.0. The number of sulfonamides is 1. The van der Waals surface area contributed by atoms with Crippen molar-refractivity contribution in [1.82, 2.24) is 19.2 Å². The van der Waals surface area contributed by atoms with Crippen LogP contribution in [-0.2, 0) is 14.8 Å². The quantitative estimate of drug-likeness (QED) is 0.826. The molecule has 0 aromatic carbocycles. The number of rotatable bonds is 4. The molecule has 4 rings (SSSR count). The van der Waals surface area contributed by atoms with E-state index in [1.54, 1.807) is 23.2 Å². The van der Waals surface area contributed by atoms with E-state index >= 15 is 0 Å². The highest BCUT2D eigenvalue weighted by atomic mass is 32.2. The second kappa shape index (κ2) is 6.85. The number of hydrogen-bond donors (Lipinski definition) is 1. The third-order valence-electron chi connectivity index (χ3n) is 5.17. The van der Waals surface area contributed by atoms with E-state index in [0.717, 1.165) is 12.8 Å². The number of allylic oxidation sites excluding steroid dienone is 2. The van der Waals surface area contributed by atoms with Crippen molar-refractivity contribution < 1.29 is 13.2 Å². The van der Waals surface area contributed by atoms with E-state index in [-0.39, 0.29) is 10.8 Å². The third-order valence-corrected chi connectivity index (χ3v) is 7.11. The highest BCUT2D eigenvalue weighted by molar-refractivity contribution is 7.89. The number of pyridine rings is 1. The standard InChI is InChI=1S/C18H22N4O3S/c23-17(12-14-4-1-2-5-14)21-8-10-22(11-9-21)26(24,25)16-13-20-18-15(16)6-3-7-19-18/h1,3-4,6-7,13-14H,2,5,8-12H2,(H,19,20). The Kier molecular flexibility index (Phi) is 4.54. The fourth-order valence-corrected chi connectivity index (χ4v) is 5.25. The highest BCUT2D eigenvalue weighted by Gasteiger charge is 2.32. The molecule has 1 fully saturated rings. The van der Waals surface area contributed by atoms with E-state index in [1.165, 1.54) is 10.5 Å². The number of carbonyl (C=O) groups excluding carboxylic acids is 1. The first kappa shape index (κ1) is 17.2. The third kappa shape index (κ3) is 3.14. The maximum atomic E-state index is 13.0. The number of carbonyl (C=O) groups is 1. The summed E-state index contributed by atoms with van der Waals surface area (Å²) >= 11 is 0. The molecule has 2 aromatic rings. The van der Waals surface area contributed by atoms with E-state index in [0.29, 0.717) is 49.6 Å². The van der Waals surface area contributed by atoms with Gasteiger partial charge in [0.15, 0.2) is 0 Å². The molecule has 2 aliphatic rings. The number of nitrogens with zero attached hydrogens (tertiary/aromatic N) is 3. The molecule has 1 N–H and O–H groups in total. The van der Waals surface area contributed by atoms with Crippen LogP contribution in [0.15, 0.2) is 41.6 Å². The number of amides is 1. The van der Waals surface area contributed by atoms with Gasteiger partial charge in [-0.1, -0.05) is 12.2 Å². The number of aromatic amines is 1. The number of H-pyrrole nitrogens is 1. The number of nitrogens with one attached hydrogen (secondary N) is 1. The van der Waals surface area contributed by atoms with Crippen LogP contribution in [0.25, 0.3) is 11.0 Å². The SMILES string of the molecule is O=C(CC1C=CCC1)N1CCN(S(=O)(=O)c2c[nH]c3ncccc23)CC1. The van der Waals surface area contributed by atoms with Gasteiger partial charge in [0.1, 0.15) is 10.5 Å². The van der Waals surface area contributed by atoms with E-state index < -0.39 is 10.0 Å². The predicted octanol–water partition coefficient (Wildman–Crippen LogP) is 1.75. The van der Waals surface area contributed by atoms with Gasteiger partial charge in [-0.15, -0.1) is 0 Å². The van der Waals surface area contributed by atoms with Crippen LogP contribution in [0.5, 0.6) is 0 Å². The molecule has 1 aliphatic carbocycles. The summed E-state index contributed by atoms with van der Waals surface area (Å²) in [5.41, 5.74) is 0.560. The Hall–Kier alpha value is -2.19. The van der Waals surface area contributed by atoms with Crippen LogP contribution in [0, 0.1) is 5.92 Å². The largest absolute Gasteiger partial charge is 0.345 e. The summed E-state index contributed by atoms with van der Waals surface area (Å²) in [6.07, 6.45) is 9.97. The van der Waals surface area contributed by atoms with Gasteiger partial charge in [0, 0.05) is 50.4 Å². The van der Waals surface area contributed by atoms with Crippen LogP contribution >= 0.6 is 0 Å². The molecular weight excluding hydrogens is 352 g/mol. The van der Waals surface area contributed by atoms with Gasteiger partial charge in [0.25, 0.3) is 0 Å². The summed E-state index contributed by atoms with van der Waals surface area (Å²) in [5, 5.41) is 0.596. The van der Waals surface area contributed by atoms with Crippen molar-refractivity contribution in [3.63, 3.8) is 0 Å². The minimum atomic E-state index is -3.60.